The molecule has 1 saturated heterocycles. The first-order valence-corrected chi connectivity index (χ1v) is 9.61. The highest BCUT2D eigenvalue weighted by molar-refractivity contribution is 5.94. The second-order valence-corrected chi connectivity index (χ2v) is 7.14. The first kappa shape index (κ1) is 20.4. The summed E-state index contributed by atoms with van der Waals surface area (Å²) in [6.45, 7) is 1.67. The van der Waals surface area contributed by atoms with Crippen LogP contribution in [0.15, 0.2) is 47.4 Å². The van der Waals surface area contributed by atoms with Crippen LogP contribution < -0.4 is 20.9 Å². The molecule has 0 aliphatic carbocycles. The summed E-state index contributed by atoms with van der Waals surface area (Å²) in [5, 5.41) is 5.67. The van der Waals surface area contributed by atoms with Crippen LogP contribution in [0.25, 0.3) is 0 Å². The summed E-state index contributed by atoms with van der Waals surface area (Å²) in [4.78, 5) is 38.6. The molecule has 0 radical (unpaired) electrons. The Morgan fingerprint density at radius 3 is 2.66 bits per heavy atom. The molecule has 8 nitrogen and oxygen atoms in total. The third-order valence-electron chi connectivity index (χ3n) is 5.13. The van der Waals surface area contributed by atoms with Gasteiger partial charge in [0.05, 0.1) is 7.11 Å². The Labute approximate surface area is 169 Å². The van der Waals surface area contributed by atoms with Crippen LogP contribution in [0.1, 0.15) is 23.2 Å². The van der Waals surface area contributed by atoms with Crippen molar-refractivity contribution in [2.75, 3.05) is 32.1 Å². The molecule has 0 saturated carbocycles. The number of methoxy groups -OCH3 is 1. The first-order chi connectivity index (χ1) is 14.0. The molecule has 2 aromatic rings. The molecular formula is C21H26N4O4. The molecule has 1 fully saturated rings. The number of rotatable bonds is 5. The summed E-state index contributed by atoms with van der Waals surface area (Å²) < 4.78 is 6.55. The van der Waals surface area contributed by atoms with E-state index < -0.39 is 0 Å². The maximum atomic E-state index is 12.6. The van der Waals surface area contributed by atoms with E-state index >= 15 is 0 Å². The number of hydrogen-bond acceptors (Lipinski definition) is 4. The molecule has 29 heavy (non-hydrogen) atoms. The lowest BCUT2D eigenvalue weighted by Gasteiger charge is -2.32. The van der Waals surface area contributed by atoms with Crippen molar-refractivity contribution in [3.63, 3.8) is 0 Å². The minimum atomic E-state index is -0.282. The Hall–Kier alpha value is -3.29. The van der Waals surface area contributed by atoms with E-state index in [0.29, 0.717) is 31.1 Å². The van der Waals surface area contributed by atoms with Crippen LogP contribution in [-0.2, 0) is 7.05 Å². The Morgan fingerprint density at radius 1 is 1.17 bits per heavy atom. The van der Waals surface area contributed by atoms with Gasteiger partial charge >= 0.3 is 6.03 Å². The fraction of sp³-hybridized carbons (Fsp3) is 0.381. The van der Waals surface area contributed by atoms with Crippen molar-refractivity contribution in [1.29, 1.82) is 0 Å². The van der Waals surface area contributed by atoms with Gasteiger partial charge in [-0.15, -0.1) is 0 Å². The van der Waals surface area contributed by atoms with Crippen LogP contribution >= 0.6 is 0 Å². The number of urea groups is 1. The van der Waals surface area contributed by atoms with Crippen molar-refractivity contribution < 1.29 is 14.3 Å². The number of aryl methyl sites for hydroxylation is 1. The molecule has 0 spiro atoms. The fourth-order valence-electron chi connectivity index (χ4n) is 3.38. The number of likely N-dealkylation sites (tertiary alicyclic amines) is 1. The Bertz CT molecular complexity index is 932. The first-order valence-electron chi connectivity index (χ1n) is 9.61. The standard InChI is InChI=1S/C21H26N4O4/c1-24-10-4-7-18(19(24)26)20(27)25-11-8-15(9-12-25)14-22-21(28)23-16-5-3-6-17(13-16)29-2/h3-7,10,13,15H,8-9,11-12,14H2,1-2H3,(H2,22,23,28). The predicted molar refractivity (Wildman–Crippen MR) is 110 cm³/mol. The number of nitrogens with zero attached hydrogens (tertiary/aromatic N) is 2. The van der Waals surface area contributed by atoms with Crippen LogP contribution in [0.2, 0.25) is 0 Å². The van der Waals surface area contributed by atoms with Crippen molar-refractivity contribution in [2.24, 2.45) is 13.0 Å². The van der Waals surface area contributed by atoms with E-state index in [0.717, 1.165) is 12.8 Å². The van der Waals surface area contributed by atoms with Crippen molar-refractivity contribution in [2.45, 2.75) is 12.8 Å². The monoisotopic (exact) mass is 398 g/mol. The van der Waals surface area contributed by atoms with Gasteiger partial charge in [-0.2, -0.15) is 0 Å². The summed E-state index contributed by atoms with van der Waals surface area (Å²) in [5.41, 5.74) is 0.575. The average Bonchev–Trinajstić information content (AvgIpc) is 2.74. The third kappa shape index (κ3) is 5.16. The largest absolute Gasteiger partial charge is 0.497 e. The molecule has 154 valence electrons. The molecule has 3 amide bonds. The van der Waals surface area contributed by atoms with Crippen LogP contribution in [0.3, 0.4) is 0 Å². The Balaban J connectivity index is 1.46. The molecule has 1 aliphatic heterocycles. The van der Waals surface area contributed by atoms with Gasteiger partial charge in [0.1, 0.15) is 11.3 Å². The van der Waals surface area contributed by atoms with E-state index in [1.165, 1.54) is 4.57 Å². The minimum absolute atomic E-state index is 0.198. The highest BCUT2D eigenvalue weighted by Crippen LogP contribution is 2.19. The van der Waals surface area contributed by atoms with Gasteiger partial charge in [0, 0.05) is 44.6 Å². The SMILES string of the molecule is COc1cccc(NC(=O)NCC2CCN(C(=O)c3cccn(C)c3=O)CC2)c1. The normalized spacial score (nSPS) is 14.3. The van der Waals surface area contributed by atoms with Crippen LogP contribution in [0.4, 0.5) is 10.5 Å². The van der Waals surface area contributed by atoms with Gasteiger partial charge in [0.25, 0.3) is 11.5 Å². The molecule has 2 N–H and O–H groups in total. The predicted octanol–water partition coefficient (Wildman–Crippen LogP) is 2.07. The zero-order chi connectivity index (χ0) is 20.8. The number of piperidine rings is 1. The van der Waals surface area contributed by atoms with E-state index in [2.05, 4.69) is 10.6 Å². The summed E-state index contributed by atoms with van der Waals surface area (Å²) in [6, 6.07) is 10.2. The lowest BCUT2D eigenvalue weighted by Crippen LogP contribution is -2.43. The van der Waals surface area contributed by atoms with Crippen molar-refractivity contribution in [3.8, 4) is 5.75 Å². The van der Waals surface area contributed by atoms with Crippen molar-refractivity contribution in [1.82, 2.24) is 14.8 Å². The van der Waals surface area contributed by atoms with E-state index in [9.17, 15) is 14.4 Å². The number of hydrogen-bond donors (Lipinski definition) is 2. The number of benzene rings is 1. The molecule has 2 heterocycles. The minimum Gasteiger partial charge on any atom is -0.497 e. The van der Waals surface area contributed by atoms with Gasteiger partial charge < -0.3 is 24.8 Å². The van der Waals surface area contributed by atoms with Gasteiger partial charge in [-0.3, -0.25) is 9.59 Å². The summed E-state index contributed by atoms with van der Waals surface area (Å²) in [7, 11) is 3.21. The smallest absolute Gasteiger partial charge is 0.319 e. The quantitative estimate of drug-likeness (QED) is 0.806. The number of amides is 3. The number of carbonyl (C=O) groups is 2. The summed E-state index contributed by atoms with van der Waals surface area (Å²) >= 11 is 0. The summed E-state index contributed by atoms with van der Waals surface area (Å²) in [5.74, 6) is 0.732. The highest BCUT2D eigenvalue weighted by Gasteiger charge is 2.25. The van der Waals surface area contributed by atoms with Crippen molar-refractivity contribution in [3.05, 3.63) is 58.5 Å². The molecule has 1 aromatic heterocycles. The van der Waals surface area contributed by atoms with E-state index in [1.54, 1.807) is 55.6 Å². The Morgan fingerprint density at radius 2 is 1.93 bits per heavy atom. The maximum absolute atomic E-state index is 12.6. The number of aromatic nitrogens is 1. The van der Waals surface area contributed by atoms with Gasteiger partial charge in [0.15, 0.2) is 0 Å². The molecule has 0 unspecified atom stereocenters. The van der Waals surface area contributed by atoms with Crippen LogP contribution in [-0.4, -0.2) is 48.1 Å². The van der Waals surface area contributed by atoms with Crippen molar-refractivity contribution >= 4 is 17.6 Å². The lowest BCUT2D eigenvalue weighted by molar-refractivity contribution is 0.0688. The molecule has 1 aliphatic rings. The van der Waals surface area contributed by atoms with Crippen LogP contribution in [0, 0.1) is 5.92 Å². The fourth-order valence-corrected chi connectivity index (χ4v) is 3.38. The highest BCUT2D eigenvalue weighted by atomic mass is 16.5. The van der Waals surface area contributed by atoms with Gasteiger partial charge in [-0.05, 0) is 43.0 Å². The van der Waals surface area contributed by atoms with E-state index in [-0.39, 0.29) is 29.0 Å². The lowest BCUT2D eigenvalue weighted by atomic mass is 9.96. The molecule has 0 atom stereocenters. The molecule has 1 aromatic carbocycles. The number of anilines is 1. The number of carbonyl (C=O) groups excluding carboxylic acids is 2. The summed E-state index contributed by atoms with van der Waals surface area (Å²) in [6.07, 6.45) is 3.18. The molecular weight excluding hydrogens is 372 g/mol. The number of pyridine rings is 1. The zero-order valence-corrected chi connectivity index (χ0v) is 16.7. The molecule has 8 heteroatoms. The Kier molecular flexibility index (Phi) is 6.54. The van der Waals surface area contributed by atoms with E-state index in [1.807, 2.05) is 6.07 Å². The van der Waals surface area contributed by atoms with Crippen LogP contribution in [0.5, 0.6) is 5.75 Å². The van der Waals surface area contributed by atoms with Gasteiger partial charge in [-0.25, -0.2) is 4.79 Å². The topological polar surface area (TPSA) is 92.7 Å². The second-order valence-electron chi connectivity index (χ2n) is 7.14. The third-order valence-corrected chi connectivity index (χ3v) is 5.13. The molecule has 0 bridgehead atoms. The second kappa shape index (κ2) is 9.27. The zero-order valence-electron chi connectivity index (χ0n) is 16.7. The average molecular weight is 398 g/mol. The maximum Gasteiger partial charge on any atom is 0.319 e. The van der Waals surface area contributed by atoms with Gasteiger partial charge in [-0.1, -0.05) is 6.07 Å². The number of ether oxygens (including phenoxy) is 1. The van der Waals surface area contributed by atoms with Gasteiger partial charge in [0.2, 0.25) is 0 Å². The molecule has 3 rings (SSSR count). The number of nitrogens with one attached hydrogen (secondary N) is 2. The van der Waals surface area contributed by atoms with E-state index in [4.69, 9.17) is 4.74 Å².